The Kier molecular flexibility index (Phi) is 3.92. The third-order valence-corrected chi connectivity index (χ3v) is 3.74. The number of hydrogen-bond acceptors (Lipinski definition) is 3. The Bertz CT molecular complexity index is 428. The van der Waals surface area contributed by atoms with E-state index in [1.165, 1.54) is 6.07 Å². The van der Waals surface area contributed by atoms with E-state index in [0.29, 0.717) is 30.1 Å². The van der Waals surface area contributed by atoms with Crippen LogP contribution < -0.4 is 10.1 Å². The van der Waals surface area contributed by atoms with Crippen LogP contribution in [-0.4, -0.2) is 24.7 Å². The van der Waals surface area contributed by atoms with Gasteiger partial charge in [0.1, 0.15) is 11.4 Å². The second-order valence-corrected chi connectivity index (χ2v) is 4.84. The van der Waals surface area contributed by atoms with Crippen molar-refractivity contribution in [3.05, 3.63) is 24.0 Å². The van der Waals surface area contributed by atoms with Gasteiger partial charge in [0, 0.05) is 5.92 Å². The molecular formula is C12H14ClF3N2O. The molecule has 7 heteroatoms. The summed E-state index contributed by atoms with van der Waals surface area (Å²) in [7, 11) is 0. The summed E-state index contributed by atoms with van der Waals surface area (Å²) in [5.41, 5.74) is -0.887. The highest BCUT2D eigenvalue weighted by molar-refractivity contribution is 5.85. The van der Waals surface area contributed by atoms with Crippen LogP contribution in [0.5, 0.6) is 5.75 Å². The molecule has 19 heavy (non-hydrogen) atoms. The van der Waals surface area contributed by atoms with Crippen LogP contribution in [0.25, 0.3) is 0 Å². The molecule has 1 aromatic rings. The first-order chi connectivity index (χ1) is 8.55. The van der Waals surface area contributed by atoms with Crippen molar-refractivity contribution in [3.8, 4) is 5.75 Å². The molecule has 2 aliphatic rings. The average Bonchev–Trinajstić information content (AvgIpc) is 2.77. The maximum atomic E-state index is 12.3. The van der Waals surface area contributed by atoms with Gasteiger partial charge < -0.3 is 10.1 Å². The number of alkyl halides is 3. The van der Waals surface area contributed by atoms with Crippen LogP contribution in [0.2, 0.25) is 0 Å². The number of pyridine rings is 1. The molecule has 3 rings (SSSR count). The standard InChI is InChI=1S/C12H13F3N2O.ClH/c13-12(14,15)11-2-1-7(3-17-11)18-6-10-8-4-16-5-9(8)10;/h1-3,8-10,16H,4-6H2;1H/t8-,9+,10+;. The Morgan fingerprint density at radius 1 is 1.26 bits per heavy atom. The summed E-state index contributed by atoms with van der Waals surface area (Å²) in [6.07, 6.45) is -3.25. The summed E-state index contributed by atoms with van der Waals surface area (Å²) in [4.78, 5) is 3.36. The maximum absolute atomic E-state index is 12.3. The molecule has 1 saturated heterocycles. The van der Waals surface area contributed by atoms with E-state index in [9.17, 15) is 13.2 Å². The number of fused-ring (bicyclic) bond motifs is 1. The summed E-state index contributed by atoms with van der Waals surface area (Å²) >= 11 is 0. The van der Waals surface area contributed by atoms with Gasteiger partial charge >= 0.3 is 6.18 Å². The van der Waals surface area contributed by atoms with E-state index in [-0.39, 0.29) is 12.4 Å². The second-order valence-electron chi connectivity index (χ2n) is 4.84. The van der Waals surface area contributed by atoms with Gasteiger partial charge in [-0.1, -0.05) is 0 Å². The molecular weight excluding hydrogens is 281 g/mol. The van der Waals surface area contributed by atoms with Crippen LogP contribution in [0, 0.1) is 17.8 Å². The van der Waals surface area contributed by atoms with Gasteiger partial charge in [-0.25, -0.2) is 4.98 Å². The Labute approximate surface area is 115 Å². The monoisotopic (exact) mass is 294 g/mol. The topological polar surface area (TPSA) is 34.1 Å². The predicted molar refractivity (Wildman–Crippen MR) is 65.3 cm³/mol. The molecule has 1 N–H and O–H groups in total. The van der Waals surface area contributed by atoms with Crippen molar-refractivity contribution in [3.63, 3.8) is 0 Å². The van der Waals surface area contributed by atoms with Crippen molar-refractivity contribution in [2.24, 2.45) is 17.8 Å². The third-order valence-electron chi connectivity index (χ3n) is 3.74. The van der Waals surface area contributed by atoms with Gasteiger partial charge in [-0.05, 0) is 37.1 Å². The molecule has 0 radical (unpaired) electrons. The second kappa shape index (κ2) is 5.17. The predicted octanol–water partition coefficient (Wildman–Crippen LogP) is 2.37. The number of ether oxygens (including phenoxy) is 1. The van der Waals surface area contributed by atoms with Gasteiger partial charge in [0.25, 0.3) is 0 Å². The fraction of sp³-hybridized carbons (Fsp3) is 0.583. The van der Waals surface area contributed by atoms with E-state index in [1.807, 2.05) is 0 Å². The molecule has 0 bridgehead atoms. The summed E-state index contributed by atoms with van der Waals surface area (Å²) in [6, 6.07) is 2.27. The molecule has 3 atom stereocenters. The smallest absolute Gasteiger partial charge is 0.433 e. The molecule has 0 spiro atoms. The number of aromatic nitrogens is 1. The Morgan fingerprint density at radius 3 is 2.47 bits per heavy atom. The molecule has 0 aromatic carbocycles. The fourth-order valence-electron chi connectivity index (χ4n) is 2.62. The Hall–Kier alpha value is -1.01. The van der Waals surface area contributed by atoms with Gasteiger partial charge in [0.2, 0.25) is 0 Å². The van der Waals surface area contributed by atoms with E-state index in [0.717, 1.165) is 25.4 Å². The van der Waals surface area contributed by atoms with E-state index >= 15 is 0 Å². The normalized spacial score (nSPS) is 28.5. The molecule has 0 amide bonds. The largest absolute Gasteiger partial charge is 0.492 e. The van der Waals surface area contributed by atoms with Crippen molar-refractivity contribution in [1.82, 2.24) is 10.3 Å². The van der Waals surface area contributed by atoms with Gasteiger partial charge in [0.05, 0.1) is 12.8 Å². The quantitative estimate of drug-likeness (QED) is 0.929. The third kappa shape index (κ3) is 2.95. The molecule has 3 nitrogen and oxygen atoms in total. The first-order valence-corrected chi connectivity index (χ1v) is 5.92. The van der Waals surface area contributed by atoms with Crippen molar-refractivity contribution in [2.45, 2.75) is 6.18 Å². The number of nitrogens with zero attached hydrogens (tertiary/aromatic N) is 1. The van der Waals surface area contributed by atoms with Crippen LogP contribution in [-0.2, 0) is 6.18 Å². The summed E-state index contributed by atoms with van der Waals surface area (Å²) in [5, 5.41) is 3.28. The number of piperidine rings is 1. The van der Waals surface area contributed by atoms with Crippen molar-refractivity contribution in [1.29, 1.82) is 0 Å². The molecule has 1 aliphatic heterocycles. The van der Waals surface area contributed by atoms with Crippen molar-refractivity contribution in [2.75, 3.05) is 19.7 Å². The van der Waals surface area contributed by atoms with Crippen molar-refractivity contribution >= 4 is 12.4 Å². The maximum Gasteiger partial charge on any atom is 0.433 e. The number of nitrogens with one attached hydrogen (secondary N) is 1. The van der Waals surface area contributed by atoms with Crippen molar-refractivity contribution < 1.29 is 17.9 Å². The summed E-state index contributed by atoms with van der Waals surface area (Å²) in [6.45, 7) is 2.64. The molecule has 1 aliphatic carbocycles. The van der Waals surface area contributed by atoms with Gasteiger partial charge in [0.15, 0.2) is 0 Å². The number of hydrogen-bond donors (Lipinski definition) is 1. The van der Waals surface area contributed by atoms with E-state index in [1.54, 1.807) is 0 Å². The minimum absolute atomic E-state index is 0. The first-order valence-electron chi connectivity index (χ1n) is 5.92. The van der Waals surface area contributed by atoms with Crippen LogP contribution in [0.3, 0.4) is 0 Å². The van der Waals surface area contributed by atoms with Crippen LogP contribution in [0.4, 0.5) is 13.2 Å². The lowest BCUT2D eigenvalue weighted by Crippen LogP contribution is -2.17. The van der Waals surface area contributed by atoms with Gasteiger partial charge in [-0.15, -0.1) is 12.4 Å². The van der Waals surface area contributed by atoms with E-state index in [2.05, 4.69) is 10.3 Å². The average molecular weight is 295 g/mol. The Balaban J connectivity index is 0.00000133. The van der Waals surface area contributed by atoms with Crippen LogP contribution >= 0.6 is 12.4 Å². The highest BCUT2D eigenvalue weighted by atomic mass is 35.5. The van der Waals surface area contributed by atoms with Crippen LogP contribution in [0.15, 0.2) is 18.3 Å². The van der Waals surface area contributed by atoms with E-state index < -0.39 is 11.9 Å². The zero-order valence-corrected chi connectivity index (χ0v) is 10.8. The summed E-state index contributed by atoms with van der Waals surface area (Å²) in [5.74, 6) is 2.33. The number of rotatable bonds is 3. The SMILES string of the molecule is Cl.FC(F)(F)c1ccc(OC[C@H]2[C@@H]3CNC[C@@H]32)cn1. The molecule has 2 heterocycles. The zero-order valence-electron chi connectivity index (χ0n) is 9.98. The van der Waals surface area contributed by atoms with E-state index in [4.69, 9.17) is 4.74 Å². The van der Waals surface area contributed by atoms with Gasteiger partial charge in [-0.2, -0.15) is 13.2 Å². The lowest BCUT2D eigenvalue weighted by atomic mass is 10.3. The van der Waals surface area contributed by atoms with Crippen LogP contribution in [0.1, 0.15) is 5.69 Å². The molecule has 1 saturated carbocycles. The first kappa shape index (κ1) is 14.4. The molecule has 106 valence electrons. The lowest BCUT2D eigenvalue weighted by Gasteiger charge is -2.09. The highest BCUT2D eigenvalue weighted by Crippen LogP contribution is 2.48. The number of halogens is 4. The minimum atomic E-state index is -4.39. The molecule has 2 fully saturated rings. The lowest BCUT2D eigenvalue weighted by molar-refractivity contribution is -0.141. The highest BCUT2D eigenvalue weighted by Gasteiger charge is 2.52. The fourth-order valence-corrected chi connectivity index (χ4v) is 2.62. The molecule has 1 aromatic heterocycles. The zero-order chi connectivity index (χ0) is 12.8. The minimum Gasteiger partial charge on any atom is -0.492 e. The Morgan fingerprint density at radius 2 is 1.95 bits per heavy atom. The summed E-state index contributed by atoms with van der Waals surface area (Å²) < 4.78 is 42.3. The molecule has 0 unspecified atom stereocenters. The van der Waals surface area contributed by atoms with Gasteiger partial charge in [-0.3, -0.25) is 0 Å².